The number of nitrogens with zero attached hydrogens (tertiary/aromatic N) is 1. The highest BCUT2D eigenvalue weighted by molar-refractivity contribution is 7.07. The first-order valence-electron chi connectivity index (χ1n) is 1.90. The molecular formula is C4H2NO2S-. The summed E-state index contributed by atoms with van der Waals surface area (Å²) >= 11 is 1.24. The fourth-order valence-corrected chi connectivity index (χ4v) is 0.835. The van der Waals surface area contributed by atoms with Gasteiger partial charge in [0.15, 0.2) is 0 Å². The molecule has 0 aliphatic rings. The first kappa shape index (κ1) is 5.24. The van der Waals surface area contributed by atoms with Crippen molar-refractivity contribution in [3.05, 3.63) is 16.6 Å². The molecule has 1 heterocycles. The van der Waals surface area contributed by atoms with Crippen molar-refractivity contribution in [1.29, 1.82) is 0 Å². The highest BCUT2D eigenvalue weighted by Gasteiger charge is 1.90. The largest absolute Gasteiger partial charge is 0.543 e. The molecule has 0 fully saturated rings. The van der Waals surface area contributed by atoms with E-state index < -0.39 is 5.97 Å². The molecule has 0 N–H and O–H groups in total. The van der Waals surface area contributed by atoms with Crippen molar-refractivity contribution in [3.8, 4) is 0 Å². The van der Waals surface area contributed by atoms with Crippen LogP contribution in [-0.4, -0.2) is 11.0 Å². The van der Waals surface area contributed by atoms with E-state index in [2.05, 4.69) is 4.98 Å². The molecule has 0 spiro atoms. The van der Waals surface area contributed by atoms with Crippen molar-refractivity contribution in [3.63, 3.8) is 0 Å². The Bertz CT molecular complexity index is 182. The molecule has 0 amide bonds. The van der Waals surface area contributed by atoms with Crippen LogP contribution in [0.3, 0.4) is 0 Å². The van der Waals surface area contributed by atoms with Gasteiger partial charge in [-0.2, -0.15) is 0 Å². The second-order valence-corrected chi connectivity index (χ2v) is 1.88. The van der Waals surface area contributed by atoms with Crippen LogP contribution in [0.2, 0.25) is 0 Å². The molecule has 4 heteroatoms. The van der Waals surface area contributed by atoms with E-state index >= 15 is 0 Å². The highest BCUT2D eigenvalue weighted by Crippen LogP contribution is 1.97. The van der Waals surface area contributed by atoms with Crippen molar-refractivity contribution in [2.75, 3.05) is 0 Å². The minimum absolute atomic E-state index is 0.00926. The fourth-order valence-electron chi connectivity index (χ4n) is 0.313. The summed E-state index contributed by atoms with van der Waals surface area (Å²) in [4.78, 5) is 13.4. The number of carbonyl (C=O) groups is 1. The number of carbonyl (C=O) groups excluding carboxylic acids is 1. The van der Waals surface area contributed by atoms with E-state index in [0.717, 1.165) is 0 Å². The lowest BCUT2D eigenvalue weighted by Gasteiger charge is -1.90. The number of carboxylic acids is 1. The van der Waals surface area contributed by atoms with Gasteiger partial charge in [0.1, 0.15) is 0 Å². The van der Waals surface area contributed by atoms with Gasteiger partial charge in [-0.3, -0.25) is 0 Å². The standard InChI is InChI=1S/C4H3NO2S/c6-4(7)3-1-8-2-5-3/h1-2H,(H,6,7)/p-1. The van der Waals surface area contributed by atoms with Gasteiger partial charge in [-0.05, 0) is 0 Å². The summed E-state index contributed by atoms with van der Waals surface area (Å²) in [6, 6.07) is 0. The molecule has 1 rings (SSSR count). The minimum atomic E-state index is -1.22. The normalized spacial score (nSPS) is 9.00. The van der Waals surface area contributed by atoms with Crippen LogP contribution in [0.5, 0.6) is 0 Å². The molecule has 0 atom stereocenters. The van der Waals surface area contributed by atoms with E-state index in [1.807, 2.05) is 0 Å². The molecule has 8 heavy (non-hydrogen) atoms. The van der Waals surface area contributed by atoms with Gasteiger partial charge < -0.3 is 9.90 Å². The van der Waals surface area contributed by atoms with Crippen molar-refractivity contribution in [1.82, 2.24) is 4.98 Å². The SMILES string of the molecule is O=C([O-])c1cscn1. The highest BCUT2D eigenvalue weighted by atomic mass is 32.1. The molecular weight excluding hydrogens is 126 g/mol. The zero-order valence-corrected chi connectivity index (χ0v) is 4.64. The van der Waals surface area contributed by atoms with E-state index in [-0.39, 0.29) is 5.69 Å². The molecule has 0 aliphatic heterocycles. The van der Waals surface area contributed by atoms with Gasteiger partial charge in [0, 0.05) is 5.38 Å². The van der Waals surface area contributed by atoms with Crippen LogP contribution in [0, 0.1) is 0 Å². The second-order valence-electron chi connectivity index (χ2n) is 1.16. The van der Waals surface area contributed by atoms with Crippen molar-refractivity contribution in [2.24, 2.45) is 0 Å². The summed E-state index contributed by atoms with van der Waals surface area (Å²) in [5.74, 6) is -1.22. The van der Waals surface area contributed by atoms with Crippen LogP contribution in [-0.2, 0) is 0 Å². The maximum atomic E-state index is 9.90. The molecule has 0 saturated carbocycles. The quantitative estimate of drug-likeness (QED) is 0.512. The molecule has 0 aromatic carbocycles. The number of thiazole rings is 1. The molecule has 0 saturated heterocycles. The summed E-state index contributed by atoms with van der Waals surface area (Å²) in [5, 5.41) is 11.3. The Labute approximate surface area is 49.6 Å². The number of aromatic nitrogens is 1. The summed E-state index contributed by atoms with van der Waals surface area (Å²) < 4.78 is 0. The number of carboxylic acid groups (broad SMARTS) is 1. The average Bonchev–Trinajstić information content (AvgIpc) is 2.12. The third-order valence-corrected chi connectivity index (χ3v) is 1.23. The third kappa shape index (κ3) is 0.840. The smallest absolute Gasteiger partial charge is 0.0965 e. The van der Waals surface area contributed by atoms with Crippen LogP contribution < -0.4 is 5.11 Å². The Kier molecular flexibility index (Phi) is 1.26. The first-order chi connectivity index (χ1) is 3.80. The monoisotopic (exact) mass is 128 g/mol. The van der Waals surface area contributed by atoms with Gasteiger partial charge in [-0.25, -0.2) is 4.98 Å². The maximum absolute atomic E-state index is 9.90. The molecule has 1 aromatic rings. The van der Waals surface area contributed by atoms with Gasteiger partial charge in [-0.15, -0.1) is 11.3 Å². The summed E-state index contributed by atoms with van der Waals surface area (Å²) in [6.45, 7) is 0. The molecule has 1 aromatic heterocycles. The Hall–Kier alpha value is -0.900. The fraction of sp³-hybridized carbons (Fsp3) is 0. The minimum Gasteiger partial charge on any atom is -0.543 e. The lowest BCUT2D eigenvalue weighted by Crippen LogP contribution is -2.22. The predicted octanol–water partition coefficient (Wildman–Crippen LogP) is -0.493. The van der Waals surface area contributed by atoms with E-state index in [4.69, 9.17) is 0 Å². The molecule has 0 aliphatic carbocycles. The van der Waals surface area contributed by atoms with Crippen molar-refractivity contribution >= 4 is 17.3 Å². The maximum Gasteiger partial charge on any atom is 0.0965 e. The Morgan fingerprint density at radius 2 is 2.62 bits per heavy atom. The Balaban J connectivity index is 2.93. The molecule has 42 valence electrons. The van der Waals surface area contributed by atoms with E-state index in [0.29, 0.717) is 0 Å². The summed E-state index contributed by atoms with van der Waals surface area (Å²) in [5.41, 5.74) is 1.46. The predicted molar refractivity (Wildman–Crippen MR) is 26.4 cm³/mol. The van der Waals surface area contributed by atoms with Gasteiger partial charge in [0.25, 0.3) is 0 Å². The molecule has 0 bridgehead atoms. The number of aromatic carboxylic acids is 1. The van der Waals surface area contributed by atoms with Crippen molar-refractivity contribution in [2.45, 2.75) is 0 Å². The Morgan fingerprint density at radius 3 is 2.88 bits per heavy atom. The van der Waals surface area contributed by atoms with Gasteiger partial charge >= 0.3 is 0 Å². The summed E-state index contributed by atoms with van der Waals surface area (Å²) in [6.07, 6.45) is 0. The van der Waals surface area contributed by atoms with E-state index in [9.17, 15) is 9.90 Å². The summed E-state index contributed by atoms with van der Waals surface area (Å²) in [7, 11) is 0. The number of hydrogen-bond acceptors (Lipinski definition) is 4. The van der Waals surface area contributed by atoms with Crippen molar-refractivity contribution < 1.29 is 9.90 Å². The number of hydrogen-bond donors (Lipinski definition) is 0. The lowest BCUT2D eigenvalue weighted by molar-refractivity contribution is -0.255. The second kappa shape index (κ2) is 1.92. The zero-order valence-electron chi connectivity index (χ0n) is 3.83. The molecule has 0 unspecified atom stereocenters. The molecule has 3 nitrogen and oxygen atoms in total. The third-order valence-electron chi connectivity index (χ3n) is 0.641. The first-order valence-corrected chi connectivity index (χ1v) is 2.84. The average molecular weight is 128 g/mol. The van der Waals surface area contributed by atoms with E-state index in [1.165, 1.54) is 22.2 Å². The van der Waals surface area contributed by atoms with E-state index in [1.54, 1.807) is 0 Å². The number of rotatable bonds is 1. The van der Waals surface area contributed by atoms with Crippen LogP contribution in [0.4, 0.5) is 0 Å². The van der Waals surface area contributed by atoms with Crippen LogP contribution in [0.25, 0.3) is 0 Å². The zero-order chi connectivity index (χ0) is 5.98. The lowest BCUT2D eigenvalue weighted by atomic mass is 10.5. The van der Waals surface area contributed by atoms with Crippen LogP contribution in [0.15, 0.2) is 10.9 Å². The topological polar surface area (TPSA) is 53.0 Å². The molecule has 0 radical (unpaired) electrons. The van der Waals surface area contributed by atoms with Gasteiger partial charge in [0.05, 0.1) is 17.2 Å². The van der Waals surface area contributed by atoms with Gasteiger partial charge in [0.2, 0.25) is 0 Å². The Morgan fingerprint density at radius 1 is 1.88 bits per heavy atom. The van der Waals surface area contributed by atoms with Gasteiger partial charge in [-0.1, -0.05) is 0 Å². The van der Waals surface area contributed by atoms with Crippen LogP contribution in [0.1, 0.15) is 10.5 Å². The van der Waals surface area contributed by atoms with Crippen LogP contribution >= 0.6 is 11.3 Å².